The molecule has 2 saturated heterocycles. The summed E-state index contributed by atoms with van der Waals surface area (Å²) >= 11 is 0. The highest BCUT2D eigenvalue weighted by Crippen LogP contribution is 2.32. The maximum atomic E-state index is 13.4. The second-order valence-corrected chi connectivity index (χ2v) is 12.9. The standard InChI is InChI=1S/C29H38N4O6S/c1-3-40(36,37)31-21-9-12-26-24(15-21)29(35)32(2)25-11-10-23(39-27(25)19-38-26)16-28(34)30-22-13-14-33(18-22)17-20-7-5-4-6-8-20/h4-9,12,15,22-23,25,27,31H,3,10-11,13-14,16-19H2,1-2H3,(H,30,34)/t22-,23+,25+,27-/m1/s1. The molecular weight excluding hydrogens is 532 g/mol. The van der Waals surface area contributed by atoms with Crippen LogP contribution in [0.1, 0.15) is 48.5 Å². The first-order chi connectivity index (χ1) is 19.2. The van der Waals surface area contributed by atoms with Crippen molar-refractivity contribution in [2.75, 3.05) is 37.2 Å². The van der Waals surface area contributed by atoms with Crippen LogP contribution in [0.25, 0.3) is 0 Å². The summed E-state index contributed by atoms with van der Waals surface area (Å²) in [7, 11) is -1.74. The molecule has 5 rings (SSSR count). The third-order valence-electron chi connectivity index (χ3n) is 7.96. The van der Waals surface area contributed by atoms with Crippen molar-refractivity contribution in [3.05, 3.63) is 59.7 Å². The van der Waals surface area contributed by atoms with Gasteiger partial charge in [-0.1, -0.05) is 30.3 Å². The van der Waals surface area contributed by atoms with Crippen molar-refractivity contribution < 1.29 is 27.5 Å². The van der Waals surface area contributed by atoms with E-state index in [1.54, 1.807) is 31.0 Å². The SMILES string of the molecule is CCS(=O)(=O)Nc1ccc2c(c1)C(=O)N(C)[C@H]1CC[C@@H](CC(=O)N[C@@H]3CCN(Cc4ccccc4)C3)O[C@@H]1CO2. The summed E-state index contributed by atoms with van der Waals surface area (Å²) in [5.74, 6) is 0.0312. The van der Waals surface area contributed by atoms with Crippen LogP contribution < -0.4 is 14.8 Å². The number of carbonyl (C=O) groups excluding carboxylic acids is 2. The quantitative estimate of drug-likeness (QED) is 0.501. The first-order valence-corrected chi connectivity index (χ1v) is 15.6. The number of hydrogen-bond acceptors (Lipinski definition) is 7. The van der Waals surface area contributed by atoms with Crippen LogP contribution in [0.15, 0.2) is 48.5 Å². The Kier molecular flexibility index (Phi) is 8.62. The summed E-state index contributed by atoms with van der Waals surface area (Å²) in [6.07, 6.45) is 1.91. The molecule has 3 aliphatic rings. The van der Waals surface area contributed by atoms with E-state index in [2.05, 4.69) is 27.1 Å². The maximum Gasteiger partial charge on any atom is 0.257 e. The third kappa shape index (κ3) is 6.76. The molecule has 2 aromatic rings. The summed E-state index contributed by atoms with van der Waals surface area (Å²) in [6, 6.07) is 15.0. The van der Waals surface area contributed by atoms with Gasteiger partial charge in [0.25, 0.3) is 5.91 Å². The number of sulfonamides is 1. The monoisotopic (exact) mass is 570 g/mol. The van der Waals surface area contributed by atoms with Gasteiger partial charge in [0.15, 0.2) is 0 Å². The number of ether oxygens (including phenoxy) is 2. The highest BCUT2D eigenvalue weighted by Gasteiger charge is 2.39. The predicted octanol–water partition coefficient (Wildman–Crippen LogP) is 2.61. The van der Waals surface area contributed by atoms with Gasteiger partial charge in [0.05, 0.1) is 29.9 Å². The van der Waals surface area contributed by atoms with Crippen LogP contribution in [0.2, 0.25) is 0 Å². The van der Waals surface area contributed by atoms with E-state index in [4.69, 9.17) is 9.47 Å². The van der Waals surface area contributed by atoms with E-state index < -0.39 is 10.0 Å². The number of likely N-dealkylation sites (N-methyl/N-ethyl adjacent to an activating group) is 1. The maximum absolute atomic E-state index is 13.4. The molecule has 0 aliphatic carbocycles. The van der Waals surface area contributed by atoms with Gasteiger partial charge < -0.3 is 19.7 Å². The minimum Gasteiger partial charge on any atom is -0.490 e. The van der Waals surface area contributed by atoms with Gasteiger partial charge in [0.2, 0.25) is 15.9 Å². The molecule has 216 valence electrons. The number of carbonyl (C=O) groups is 2. The van der Waals surface area contributed by atoms with Crippen molar-refractivity contribution in [2.45, 2.75) is 63.4 Å². The summed E-state index contributed by atoms with van der Waals surface area (Å²) in [5.41, 5.74) is 1.89. The zero-order valence-electron chi connectivity index (χ0n) is 23.0. The lowest BCUT2D eigenvalue weighted by molar-refractivity contribution is -0.134. The third-order valence-corrected chi connectivity index (χ3v) is 9.27. The molecule has 0 saturated carbocycles. The molecule has 4 atom stereocenters. The molecule has 0 spiro atoms. The molecule has 40 heavy (non-hydrogen) atoms. The minimum atomic E-state index is -3.48. The van der Waals surface area contributed by atoms with Crippen molar-refractivity contribution in [2.24, 2.45) is 0 Å². The fourth-order valence-corrected chi connectivity index (χ4v) is 6.40. The second-order valence-electron chi connectivity index (χ2n) is 10.9. The van der Waals surface area contributed by atoms with E-state index in [-0.39, 0.29) is 54.9 Å². The first kappa shape index (κ1) is 28.4. The molecule has 2 amide bonds. The van der Waals surface area contributed by atoms with E-state index in [0.717, 1.165) is 26.1 Å². The van der Waals surface area contributed by atoms with Gasteiger partial charge >= 0.3 is 0 Å². The van der Waals surface area contributed by atoms with Gasteiger partial charge in [-0.3, -0.25) is 19.2 Å². The number of likely N-dealkylation sites (tertiary alicyclic amines) is 1. The van der Waals surface area contributed by atoms with E-state index in [0.29, 0.717) is 29.8 Å². The average Bonchev–Trinajstić information content (AvgIpc) is 3.37. The largest absolute Gasteiger partial charge is 0.490 e. The van der Waals surface area contributed by atoms with Crippen LogP contribution in [0.3, 0.4) is 0 Å². The molecule has 3 aliphatic heterocycles. The number of benzene rings is 2. The van der Waals surface area contributed by atoms with Crippen molar-refractivity contribution in [1.29, 1.82) is 0 Å². The molecule has 2 fully saturated rings. The van der Waals surface area contributed by atoms with Gasteiger partial charge in [-0.2, -0.15) is 0 Å². The summed E-state index contributed by atoms with van der Waals surface area (Å²) in [4.78, 5) is 30.3. The fourth-order valence-electron chi connectivity index (χ4n) is 5.77. The van der Waals surface area contributed by atoms with E-state index >= 15 is 0 Å². The lowest BCUT2D eigenvalue weighted by Gasteiger charge is -2.42. The van der Waals surface area contributed by atoms with Crippen molar-refractivity contribution in [1.82, 2.24) is 15.1 Å². The summed E-state index contributed by atoms with van der Waals surface area (Å²) < 4.78 is 38.8. The fraction of sp³-hybridized carbons (Fsp3) is 0.517. The first-order valence-electron chi connectivity index (χ1n) is 14.0. The van der Waals surface area contributed by atoms with Gasteiger partial charge in [0.1, 0.15) is 18.5 Å². The average molecular weight is 571 g/mol. The number of hydrogen-bond donors (Lipinski definition) is 2. The van der Waals surface area contributed by atoms with Crippen LogP contribution in [0.5, 0.6) is 5.75 Å². The minimum absolute atomic E-state index is 0.0152. The Balaban J connectivity index is 1.16. The van der Waals surface area contributed by atoms with Gasteiger partial charge in [-0.25, -0.2) is 8.42 Å². The Bertz CT molecular complexity index is 1320. The predicted molar refractivity (Wildman–Crippen MR) is 152 cm³/mol. The lowest BCUT2D eigenvalue weighted by Crippen LogP contribution is -2.54. The van der Waals surface area contributed by atoms with Gasteiger partial charge in [-0.15, -0.1) is 0 Å². The Morgan fingerprint density at radius 1 is 1.10 bits per heavy atom. The van der Waals surface area contributed by atoms with Crippen LogP contribution in [0, 0.1) is 0 Å². The zero-order chi connectivity index (χ0) is 28.3. The number of fused-ring (bicyclic) bond motifs is 2. The molecular formula is C29H38N4O6S. The highest BCUT2D eigenvalue weighted by molar-refractivity contribution is 7.92. The number of amides is 2. The molecule has 0 bridgehead atoms. The number of rotatable bonds is 8. The zero-order valence-corrected chi connectivity index (χ0v) is 23.9. The van der Waals surface area contributed by atoms with Gasteiger partial charge in [0, 0.05) is 38.4 Å². The van der Waals surface area contributed by atoms with Crippen LogP contribution in [-0.4, -0.2) is 86.8 Å². The molecule has 2 N–H and O–H groups in total. The lowest BCUT2D eigenvalue weighted by atomic mass is 9.94. The van der Waals surface area contributed by atoms with E-state index in [1.807, 2.05) is 18.2 Å². The smallest absolute Gasteiger partial charge is 0.257 e. The van der Waals surface area contributed by atoms with Gasteiger partial charge in [-0.05, 0) is 49.9 Å². The Hall–Kier alpha value is -3.15. The van der Waals surface area contributed by atoms with E-state index in [1.165, 1.54) is 11.6 Å². The molecule has 0 aromatic heterocycles. The van der Waals surface area contributed by atoms with Crippen molar-refractivity contribution in [3.8, 4) is 5.75 Å². The number of anilines is 1. The normalized spacial score (nSPS) is 25.2. The van der Waals surface area contributed by atoms with Crippen LogP contribution >= 0.6 is 0 Å². The van der Waals surface area contributed by atoms with Crippen LogP contribution in [-0.2, 0) is 26.1 Å². The van der Waals surface area contributed by atoms with Crippen molar-refractivity contribution >= 4 is 27.5 Å². The Morgan fingerprint density at radius 3 is 2.67 bits per heavy atom. The Morgan fingerprint density at radius 2 is 1.90 bits per heavy atom. The molecule has 0 radical (unpaired) electrons. The Labute approximate surface area is 236 Å². The molecule has 3 heterocycles. The summed E-state index contributed by atoms with van der Waals surface area (Å²) in [5, 5.41) is 3.19. The topological polar surface area (TPSA) is 117 Å². The highest BCUT2D eigenvalue weighted by atomic mass is 32.2. The van der Waals surface area contributed by atoms with Crippen molar-refractivity contribution in [3.63, 3.8) is 0 Å². The number of nitrogens with zero attached hydrogens (tertiary/aromatic N) is 2. The molecule has 11 heteroatoms. The molecule has 0 unspecified atom stereocenters. The van der Waals surface area contributed by atoms with Crippen LogP contribution in [0.4, 0.5) is 5.69 Å². The molecule has 2 aromatic carbocycles. The molecule has 10 nitrogen and oxygen atoms in total. The summed E-state index contributed by atoms with van der Waals surface area (Å²) in [6.45, 7) is 4.44. The number of nitrogens with one attached hydrogen (secondary N) is 2. The van der Waals surface area contributed by atoms with E-state index in [9.17, 15) is 18.0 Å². The second kappa shape index (κ2) is 12.2.